The van der Waals surface area contributed by atoms with Crippen LogP contribution in [0.25, 0.3) is 11.0 Å². The average Bonchev–Trinajstić information content (AvgIpc) is 3.27. The van der Waals surface area contributed by atoms with Crippen molar-refractivity contribution in [2.75, 3.05) is 19.7 Å². The molecular weight excluding hydrogens is 476 g/mol. The fourth-order valence-corrected chi connectivity index (χ4v) is 4.93. The number of hydrogen-bond donors (Lipinski definition) is 0. The number of piperidine rings is 1. The lowest BCUT2D eigenvalue weighted by Gasteiger charge is -2.33. The van der Waals surface area contributed by atoms with Crippen molar-refractivity contribution in [3.05, 3.63) is 96.1 Å². The van der Waals surface area contributed by atoms with Gasteiger partial charge in [-0.05, 0) is 30.2 Å². The van der Waals surface area contributed by atoms with E-state index in [0.717, 1.165) is 37.0 Å². The van der Waals surface area contributed by atoms with Crippen molar-refractivity contribution in [1.82, 2.24) is 19.4 Å². The quantitative estimate of drug-likeness (QED) is 0.290. The number of para-hydroxylation sites is 2. The molecule has 198 valence electrons. The highest BCUT2D eigenvalue weighted by Gasteiger charge is 2.27. The molecule has 0 bridgehead atoms. The van der Waals surface area contributed by atoms with Gasteiger partial charge in [-0.1, -0.05) is 72.8 Å². The highest BCUT2D eigenvalue weighted by Crippen LogP contribution is 2.23. The van der Waals surface area contributed by atoms with Crippen LogP contribution in [-0.4, -0.2) is 57.3 Å². The number of likely N-dealkylation sites (tertiary alicyclic amines) is 1. The van der Waals surface area contributed by atoms with Crippen LogP contribution in [0.1, 0.15) is 30.9 Å². The molecule has 38 heavy (non-hydrogen) atoms. The largest absolute Gasteiger partial charge is 0.461 e. The van der Waals surface area contributed by atoms with Crippen LogP contribution in [0, 0.1) is 0 Å². The maximum absolute atomic E-state index is 12.9. The van der Waals surface area contributed by atoms with Crippen molar-refractivity contribution in [2.45, 2.75) is 45.0 Å². The molecule has 0 unspecified atom stereocenters. The number of benzene rings is 3. The third-order valence-electron chi connectivity index (χ3n) is 7.25. The van der Waals surface area contributed by atoms with E-state index in [1.54, 1.807) is 4.90 Å². The van der Waals surface area contributed by atoms with Gasteiger partial charge in [-0.25, -0.2) is 4.79 Å². The molecule has 4 aromatic rings. The second kappa shape index (κ2) is 12.1. The number of fused-ring (bicyclic) bond motifs is 1. The summed E-state index contributed by atoms with van der Waals surface area (Å²) in [6.07, 6.45) is 1.28. The van der Waals surface area contributed by atoms with E-state index < -0.39 is 0 Å². The summed E-state index contributed by atoms with van der Waals surface area (Å²) < 4.78 is 14.0. The molecule has 7 nitrogen and oxygen atoms in total. The standard InChI is InChI=1S/C31H36N4O3/c1-24(35(21-25-11-5-3-6-12-25)22-26-13-7-4-8-14-26)23-37-31(36)34-19-17-27(18-20-34)38-30-32-28-15-9-10-16-29(28)33(30)2/h3-16,24,27H,17-23H2,1-2H3/t24-/m0/s1. The van der Waals surface area contributed by atoms with E-state index in [0.29, 0.717) is 25.7 Å². The van der Waals surface area contributed by atoms with E-state index in [1.165, 1.54) is 11.1 Å². The van der Waals surface area contributed by atoms with Crippen LogP contribution < -0.4 is 4.74 Å². The Morgan fingerprint density at radius 2 is 1.50 bits per heavy atom. The van der Waals surface area contributed by atoms with Gasteiger partial charge >= 0.3 is 6.09 Å². The van der Waals surface area contributed by atoms with E-state index in [9.17, 15) is 4.79 Å². The van der Waals surface area contributed by atoms with Crippen LogP contribution in [0.2, 0.25) is 0 Å². The fraction of sp³-hybridized carbons (Fsp3) is 0.355. The molecule has 0 radical (unpaired) electrons. The lowest BCUT2D eigenvalue weighted by molar-refractivity contribution is 0.0443. The normalized spacial score (nSPS) is 15.1. The Hall–Kier alpha value is -3.84. The molecule has 1 aliphatic heterocycles. The van der Waals surface area contributed by atoms with Crippen molar-refractivity contribution < 1.29 is 14.3 Å². The first-order valence-electron chi connectivity index (χ1n) is 13.4. The van der Waals surface area contributed by atoms with Crippen LogP contribution in [0.15, 0.2) is 84.9 Å². The smallest absolute Gasteiger partial charge is 0.409 e. The van der Waals surface area contributed by atoms with Crippen molar-refractivity contribution in [1.29, 1.82) is 0 Å². The number of hydrogen-bond acceptors (Lipinski definition) is 5. The molecule has 0 N–H and O–H groups in total. The molecule has 1 aromatic heterocycles. The Bertz CT molecular complexity index is 1280. The van der Waals surface area contributed by atoms with Crippen molar-refractivity contribution in [3.8, 4) is 6.01 Å². The molecule has 1 fully saturated rings. The van der Waals surface area contributed by atoms with E-state index >= 15 is 0 Å². The summed E-state index contributed by atoms with van der Waals surface area (Å²) in [5.41, 5.74) is 4.45. The zero-order valence-electron chi connectivity index (χ0n) is 22.2. The second-order valence-corrected chi connectivity index (χ2v) is 10.0. The van der Waals surface area contributed by atoms with Crippen LogP contribution in [0.5, 0.6) is 6.01 Å². The van der Waals surface area contributed by atoms with E-state index in [-0.39, 0.29) is 18.2 Å². The Labute approximate surface area is 224 Å². The number of aryl methyl sites for hydroxylation is 1. The number of carbonyl (C=O) groups excluding carboxylic acids is 1. The molecule has 2 heterocycles. The molecule has 5 rings (SSSR count). The van der Waals surface area contributed by atoms with Gasteiger partial charge in [0.25, 0.3) is 6.01 Å². The van der Waals surface area contributed by atoms with E-state index in [2.05, 4.69) is 65.3 Å². The van der Waals surface area contributed by atoms with Crippen molar-refractivity contribution >= 4 is 17.1 Å². The first-order valence-corrected chi connectivity index (χ1v) is 13.4. The number of aromatic nitrogens is 2. The zero-order valence-corrected chi connectivity index (χ0v) is 22.2. The second-order valence-electron chi connectivity index (χ2n) is 10.0. The van der Waals surface area contributed by atoms with Gasteiger partial charge in [0, 0.05) is 52.1 Å². The maximum atomic E-state index is 12.9. The minimum atomic E-state index is -0.252. The topological polar surface area (TPSA) is 59.8 Å². The summed E-state index contributed by atoms with van der Waals surface area (Å²) in [6, 6.07) is 29.5. The molecule has 7 heteroatoms. The molecule has 3 aromatic carbocycles. The Balaban J connectivity index is 1.12. The minimum absolute atomic E-state index is 0.0284. The Morgan fingerprint density at radius 1 is 0.921 bits per heavy atom. The summed E-state index contributed by atoms with van der Waals surface area (Å²) in [6.45, 7) is 5.27. The van der Waals surface area contributed by atoms with Gasteiger partial charge in [-0.15, -0.1) is 0 Å². The zero-order chi connectivity index (χ0) is 26.3. The van der Waals surface area contributed by atoms with E-state index in [1.807, 2.05) is 48.0 Å². The van der Waals surface area contributed by atoms with Gasteiger partial charge < -0.3 is 14.4 Å². The highest BCUT2D eigenvalue weighted by atomic mass is 16.6. The van der Waals surface area contributed by atoms with Gasteiger partial charge in [0.2, 0.25) is 0 Å². The molecule has 0 spiro atoms. The maximum Gasteiger partial charge on any atom is 0.409 e. The summed E-state index contributed by atoms with van der Waals surface area (Å²) >= 11 is 0. The third kappa shape index (κ3) is 6.34. The monoisotopic (exact) mass is 512 g/mol. The number of rotatable bonds is 9. The average molecular weight is 513 g/mol. The summed E-state index contributed by atoms with van der Waals surface area (Å²) in [5.74, 6) is 0. The minimum Gasteiger partial charge on any atom is -0.461 e. The van der Waals surface area contributed by atoms with Crippen LogP contribution >= 0.6 is 0 Å². The summed E-state index contributed by atoms with van der Waals surface area (Å²) in [4.78, 5) is 21.7. The Morgan fingerprint density at radius 3 is 2.11 bits per heavy atom. The molecule has 1 amide bonds. The predicted octanol–water partition coefficient (Wildman–Crippen LogP) is 5.64. The number of ether oxygens (including phenoxy) is 2. The van der Waals surface area contributed by atoms with Gasteiger partial charge in [0.15, 0.2) is 0 Å². The van der Waals surface area contributed by atoms with Crippen molar-refractivity contribution in [2.24, 2.45) is 7.05 Å². The Kier molecular flexibility index (Phi) is 8.24. The molecule has 0 aliphatic carbocycles. The lowest BCUT2D eigenvalue weighted by Crippen LogP contribution is -2.44. The van der Waals surface area contributed by atoms with E-state index in [4.69, 9.17) is 9.47 Å². The predicted molar refractivity (Wildman–Crippen MR) is 149 cm³/mol. The lowest BCUT2D eigenvalue weighted by atomic mass is 10.1. The van der Waals surface area contributed by atoms with Gasteiger partial charge in [-0.3, -0.25) is 9.47 Å². The number of nitrogens with zero attached hydrogens (tertiary/aromatic N) is 4. The van der Waals surface area contributed by atoms with Gasteiger partial charge in [0.05, 0.1) is 11.0 Å². The molecule has 1 atom stereocenters. The third-order valence-corrected chi connectivity index (χ3v) is 7.25. The van der Waals surface area contributed by atoms with Crippen molar-refractivity contribution in [3.63, 3.8) is 0 Å². The SMILES string of the molecule is C[C@@H](COC(=O)N1CCC(Oc2nc3ccccc3n2C)CC1)N(Cc1ccccc1)Cc1ccccc1. The van der Waals surface area contributed by atoms with Crippen LogP contribution in [-0.2, 0) is 24.9 Å². The number of amides is 1. The number of imidazole rings is 1. The summed E-state index contributed by atoms with van der Waals surface area (Å²) in [7, 11) is 1.97. The van der Waals surface area contributed by atoms with Gasteiger partial charge in [-0.2, -0.15) is 4.98 Å². The first-order chi connectivity index (χ1) is 18.6. The molecule has 0 saturated carbocycles. The number of carbonyl (C=O) groups is 1. The highest BCUT2D eigenvalue weighted by molar-refractivity contribution is 5.76. The molecule has 1 saturated heterocycles. The fourth-order valence-electron chi connectivity index (χ4n) is 4.93. The van der Waals surface area contributed by atoms with Crippen LogP contribution in [0.4, 0.5) is 4.79 Å². The molecular formula is C31H36N4O3. The first kappa shape index (κ1) is 25.8. The summed E-state index contributed by atoms with van der Waals surface area (Å²) in [5, 5.41) is 0. The molecule has 1 aliphatic rings. The van der Waals surface area contributed by atoms with Crippen LogP contribution in [0.3, 0.4) is 0 Å². The van der Waals surface area contributed by atoms with Gasteiger partial charge in [0.1, 0.15) is 12.7 Å².